The Bertz CT molecular complexity index is 513. The van der Waals surface area contributed by atoms with Gasteiger partial charge in [0.2, 0.25) is 0 Å². The van der Waals surface area contributed by atoms with Crippen molar-refractivity contribution in [3.63, 3.8) is 0 Å². The summed E-state index contributed by atoms with van der Waals surface area (Å²) >= 11 is 0. The van der Waals surface area contributed by atoms with Gasteiger partial charge in [-0.1, -0.05) is 36.4 Å². The largest absolute Gasteiger partial charge is 0.362 e. The molecule has 3 rings (SSSR count). The first-order valence-electron chi connectivity index (χ1n) is 5.33. The molecule has 1 nitrogen and oxygen atoms in total. The van der Waals surface area contributed by atoms with Crippen molar-refractivity contribution in [3.05, 3.63) is 48.0 Å². The molecular weight excluding hydrogens is 184 g/mol. The number of rotatable bonds is 1. The molecule has 2 aromatic rings. The van der Waals surface area contributed by atoms with Gasteiger partial charge in [0.1, 0.15) is 6.10 Å². The molecule has 0 saturated carbocycles. The Kier molecular flexibility index (Phi) is 1.68. The van der Waals surface area contributed by atoms with Crippen molar-refractivity contribution in [1.29, 1.82) is 0 Å². The van der Waals surface area contributed by atoms with Gasteiger partial charge in [-0.25, -0.2) is 0 Å². The first-order valence-corrected chi connectivity index (χ1v) is 5.33. The van der Waals surface area contributed by atoms with Gasteiger partial charge in [0.15, 0.2) is 0 Å². The van der Waals surface area contributed by atoms with E-state index < -0.39 is 0 Å². The van der Waals surface area contributed by atoms with Crippen LogP contribution in [0.3, 0.4) is 0 Å². The second-order valence-corrected chi connectivity index (χ2v) is 4.71. The summed E-state index contributed by atoms with van der Waals surface area (Å²) in [5.74, 6) is 0. The van der Waals surface area contributed by atoms with Gasteiger partial charge in [0, 0.05) is 0 Å². The minimum Gasteiger partial charge on any atom is -0.362 e. The molecule has 0 amide bonds. The smallest absolute Gasteiger partial charge is 0.112 e. The van der Waals surface area contributed by atoms with Crippen molar-refractivity contribution in [1.82, 2.24) is 0 Å². The Hall–Kier alpha value is -1.34. The Labute approximate surface area is 89.7 Å². The van der Waals surface area contributed by atoms with Crippen LogP contribution < -0.4 is 0 Å². The highest BCUT2D eigenvalue weighted by Crippen LogP contribution is 2.49. The molecule has 1 fully saturated rings. The highest BCUT2D eigenvalue weighted by molar-refractivity contribution is 5.83. The van der Waals surface area contributed by atoms with E-state index in [1.54, 1.807) is 0 Å². The van der Waals surface area contributed by atoms with E-state index in [0.717, 1.165) is 0 Å². The zero-order valence-corrected chi connectivity index (χ0v) is 9.03. The summed E-state index contributed by atoms with van der Waals surface area (Å²) in [5, 5.41) is 2.58. The SMILES string of the molecule is CC1(C)OC1c1ccc2ccccc2c1. The Morgan fingerprint density at radius 1 is 1.00 bits per heavy atom. The van der Waals surface area contributed by atoms with E-state index in [4.69, 9.17) is 4.74 Å². The van der Waals surface area contributed by atoms with Gasteiger partial charge < -0.3 is 4.74 Å². The van der Waals surface area contributed by atoms with E-state index in [9.17, 15) is 0 Å². The summed E-state index contributed by atoms with van der Waals surface area (Å²) in [7, 11) is 0. The van der Waals surface area contributed by atoms with Gasteiger partial charge in [-0.3, -0.25) is 0 Å². The Morgan fingerprint density at radius 2 is 1.67 bits per heavy atom. The molecule has 0 bridgehead atoms. The average molecular weight is 198 g/mol. The maximum atomic E-state index is 5.64. The predicted octanol–water partition coefficient (Wildman–Crippen LogP) is 3.69. The molecule has 0 spiro atoms. The quantitative estimate of drug-likeness (QED) is 0.637. The number of benzene rings is 2. The van der Waals surface area contributed by atoms with Crippen LogP contribution in [0.25, 0.3) is 10.8 Å². The molecule has 1 aliphatic rings. The molecule has 15 heavy (non-hydrogen) atoms. The summed E-state index contributed by atoms with van der Waals surface area (Å²) in [5.41, 5.74) is 1.32. The lowest BCUT2D eigenvalue weighted by molar-refractivity contribution is 0.325. The molecule has 1 unspecified atom stereocenters. The van der Waals surface area contributed by atoms with Crippen molar-refractivity contribution >= 4 is 10.8 Å². The number of hydrogen-bond acceptors (Lipinski definition) is 1. The molecule has 1 atom stereocenters. The third-order valence-corrected chi connectivity index (χ3v) is 3.07. The molecule has 0 radical (unpaired) electrons. The van der Waals surface area contributed by atoms with Gasteiger partial charge in [0.05, 0.1) is 5.60 Å². The van der Waals surface area contributed by atoms with Crippen molar-refractivity contribution in [2.75, 3.05) is 0 Å². The number of epoxide rings is 1. The predicted molar refractivity (Wildman–Crippen MR) is 61.9 cm³/mol. The third-order valence-electron chi connectivity index (χ3n) is 3.07. The first-order chi connectivity index (χ1) is 7.17. The summed E-state index contributed by atoms with van der Waals surface area (Å²) < 4.78 is 5.64. The molecule has 0 aliphatic carbocycles. The minimum atomic E-state index is 0.0302. The fraction of sp³-hybridized carbons (Fsp3) is 0.286. The summed E-state index contributed by atoms with van der Waals surface area (Å²) in [6.45, 7) is 4.26. The number of hydrogen-bond donors (Lipinski definition) is 0. The maximum absolute atomic E-state index is 5.64. The fourth-order valence-electron chi connectivity index (χ4n) is 2.11. The van der Waals surface area contributed by atoms with Crippen molar-refractivity contribution in [2.45, 2.75) is 25.6 Å². The van der Waals surface area contributed by atoms with E-state index in [1.165, 1.54) is 16.3 Å². The summed E-state index contributed by atoms with van der Waals surface area (Å²) in [6.07, 6.45) is 0.280. The van der Waals surface area contributed by atoms with Gasteiger partial charge in [-0.2, -0.15) is 0 Å². The molecule has 0 N–H and O–H groups in total. The lowest BCUT2D eigenvalue weighted by Gasteiger charge is -2.01. The van der Waals surface area contributed by atoms with Crippen LogP contribution in [0.5, 0.6) is 0 Å². The van der Waals surface area contributed by atoms with Crippen LogP contribution in [0.4, 0.5) is 0 Å². The second-order valence-electron chi connectivity index (χ2n) is 4.71. The molecule has 1 heterocycles. The zero-order valence-electron chi connectivity index (χ0n) is 9.03. The normalized spacial score (nSPS) is 22.9. The second kappa shape index (κ2) is 2.83. The van der Waals surface area contributed by atoms with Gasteiger partial charge in [-0.05, 0) is 36.2 Å². The van der Waals surface area contributed by atoms with Crippen LogP contribution in [0.1, 0.15) is 25.5 Å². The average Bonchev–Trinajstić information content (AvgIpc) is 2.87. The zero-order chi connectivity index (χ0) is 10.5. The van der Waals surface area contributed by atoms with Gasteiger partial charge in [0.25, 0.3) is 0 Å². The molecule has 76 valence electrons. The number of fused-ring (bicyclic) bond motifs is 1. The van der Waals surface area contributed by atoms with Crippen LogP contribution in [0.15, 0.2) is 42.5 Å². The summed E-state index contributed by atoms with van der Waals surface area (Å²) in [4.78, 5) is 0. The maximum Gasteiger partial charge on any atom is 0.112 e. The molecule has 1 heteroatoms. The topological polar surface area (TPSA) is 12.5 Å². The van der Waals surface area contributed by atoms with E-state index in [1.807, 2.05) is 0 Å². The standard InChI is InChI=1S/C14H14O/c1-14(2)13(15-14)12-8-7-10-5-3-4-6-11(10)9-12/h3-9,13H,1-2H3. The van der Waals surface area contributed by atoms with Crippen molar-refractivity contribution in [3.8, 4) is 0 Å². The fourth-order valence-corrected chi connectivity index (χ4v) is 2.11. The molecule has 0 aromatic heterocycles. The van der Waals surface area contributed by atoms with Gasteiger partial charge in [-0.15, -0.1) is 0 Å². The van der Waals surface area contributed by atoms with Crippen LogP contribution >= 0.6 is 0 Å². The lowest BCUT2D eigenvalue weighted by Crippen LogP contribution is -1.97. The van der Waals surface area contributed by atoms with E-state index in [2.05, 4.69) is 56.3 Å². The van der Waals surface area contributed by atoms with Crippen LogP contribution in [-0.2, 0) is 4.74 Å². The minimum absolute atomic E-state index is 0.0302. The van der Waals surface area contributed by atoms with E-state index in [0.29, 0.717) is 0 Å². The van der Waals surface area contributed by atoms with Crippen LogP contribution in [-0.4, -0.2) is 5.60 Å². The highest BCUT2D eigenvalue weighted by Gasteiger charge is 2.48. The van der Waals surface area contributed by atoms with E-state index >= 15 is 0 Å². The molecule has 2 aromatic carbocycles. The van der Waals surface area contributed by atoms with Crippen molar-refractivity contribution < 1.29 is 4.74 Å². The molecular formula is C14H14O. The lowest BCUT2D eigenvalue weighted by atomic mass is 10.00. The Balaban J connectivity index is 2.08. The third kappa shape index (κ3) is 1.44. The molecule has 1 saturated heterocycles. The van der Waals surface area contributed by atoms with Crippen LogP contribution in [0.2, 0.25) is 0 Å². The Morgan fingerprint density at radius 3 is 2.33 bits per heavy atom. The van der Waals surface area contributed by atoms with Gasteiger partial charge >= 0.3 is 0 Å². The highest BCUT2D eigenvalue weighted by atomic mass is 16.6. The molecule has 1 aliphatic heterocycles. The summed E-state index contributed by atoms with van der Waals surface area (Å²) in [6, 6.07) is 15.0. The number of ether oxygens (including phenoxy) is 1. The monoisotopic (exact) mass is 198 g/mol. The van der Waals surface area contributed by atoms with Crippen molar-refractivity contribution in [2.24, 2.45) is 0 Å². The first kappa shape index (κ1) is 8.93. The van der Waals surface area contributed by atoms with Crippen LogP contribution in [0, 0.1) is 0 Å². The van der Waals surface area contributed by atoms with E-state index in [-0.39, 0.29) is 11.7 Å².